The summed E-state index contributed by atoms with van der Waals surface area (Å²) >= 11 is 0. The zero-order valence-electron chi connectivity index (χ0n) is 30.2. The molecular formula is C37H60N4O8. The van der Waals surface area contributed by atoms with E-state index >= 15 is 0 Å². The maximum absolute atomic E-state index is 13.0. The van der Waals surface area contributed by atoms with Crippen LogP contribution in [0.4, 0.5) is 0 Å². The van der Waals surface area contributed by atoms with Crippen molar-refractivity contribution >= 4 is 23.7 Å². The molecule has 2 fully saturated rings. The van der Waals surface area contributed by atoms with Crippen LogP contribution < -0.4 is 16.0 Å². The first kappa shape index (κ1) is 40.4. The summed E-state index contributed by atoms with van der Waals surface area (Å²) in [4.78, 5) is 52.1. The Balaban J connectivity index is 1.37. The van der Waals surface area contributed by atoms with E-state index in [9.17, 15) is 29.4 Å². The van der Waals surface area contributed by atoms with Crippen LogP contribution in [0.1, 0.15) is 95.5 Å². The van der Waals surface area contributed by atoms with Gasteiger partial charge >= 0.3 is 5.97 Å². The van der Waals surface area contributed by atoms with Crippen molar-refractivity contribution in [3.05, 3.63) is 35.4 Å². The molecule has 0 spiro atoms. The van der Waals surface area contributed by atoms with Gasteiger partial charge in [0.25, 0.3) is 5.91 Å². The first-order valence-corrected chi connectivity index (χ1v) is 18.0. The number of aliphatic carboxylic acids is 1. The van der Waals surface area contributed by atoms with Crippen LogP contribution in [-0.4, -0.2) is 110 Å². The lowest BCUT2D eigenvalue weighted by Gasteiger charge is -2.36. The second-order valence-corrected chi connectivity index (χ2v) is 15.1. The zero-order chi connectivity index (χ0) is 36.0. The number of benzene rings is 1. The molecule has 3 amide bonds. The molecule has 12 heteroatoms. The van der Waals surface area contributed by atoms with E-state index in [4.69, 9.17) is 9.47 Å². The van der Waals surface area contributed by atoms with Gasteiger partial charge in [0.1, 0.15) is 18.7 Å². The van der Waals surface area contributed by atoms with E-state index in [0.29, 0.717) is 36.9 Å². The fourth-order valence-electron chi connectivity index (χ4n) is 6.99. The Morgan fingerprint density at radius 1 is 0.939 bits per heavy atom. The highest BCUT2D eigenvalue weighted by molar-refractivity contribution is 5.94. The van der Waals surface area contributed by atoms with Gasteiger partial charge in [-0.15, -0.1) is 0 Å². The molecule has 0 saturated heterocycles. The second-order valence-electron chi connectivity index (χ2n) is 15.1. The number of carbonyl (C=O) groups is 4. The smallest absolute Gasteiger partial charge is 0.328 e. The summed E-state index contributed by atoms with van der Waals surface area (Å²) in [7, 11) is 0. The highest BCUT2D eigenvalue weighted by atomic mass is 16.5. The molecule has 2 bridgehead atoms. The van der Waals surface area contributed by atoms with E-state index in [1.807, 2.05) is 24.3 Å². The summed E-state index contributed by atoms with van der Waals surface area (Å²) < 4.78 is 10.9. The van der Waals surface area contributed by atoms with Gasteiger partial charge in [0.05, 0.1) is 26.4 Å². The number of aliphatic hydroxyl groups excluding tert-OH is 1. The monoisotopic (exact) mass is 688 g/mol. The molecule has 0 aliphatic heterocycles. The third-order valence-electron chi connectivity index (χ3n) is 9.56. The number of nitrogens with zero attached hydrogens (tertiary/aromatic N) is 1. The van der Waals surface area contributed by atoms with Gasteiger partial charge in [-0.2, -0.15) is 0 Å². The number of unbranched alkanes of at least 4 members (excludes halogenated alkanes) is 1. The maximum Gasteiger partial charge on any atom is 0.328 e. The molecule has 1 aromatic carbocycles. The minimum atomic E-state index is -1.46. The highest BCUT2D eigenvalue weighted by Gasteiger charge is 2.42. The summed E-state index contributed by atoms with van der Waals surface area (Å²) in [5.74, 6) is -0.517. The van der Waals surface area contributed by atoms with Gasteiger partial charge in [-0.3, -0.25) is 19.3 Å². The van der Waals surface area contributed by atoms with Crippen LogP contribution in [0.3, 0.4) is 0 Å². The van der Waals surface area contributed by atoms with Crippen molar-refractivity contribution in [2.75, 3.05) is 52.7 Å². The summed E-state index contributed by atoms with van der Waals surface area (Å²) in [6.45, 7) is 12.6. The average molecular weight is 689 g/mol. The van der Waals surface area contributed by atoms with Gasteiger partial charge in [0.2, 0.25) is 11.8 Å². The third kappa shape index (κ3) is 13.6. The molecule has 3 rings (SSSR count). The highest BCUT2D eigenvalue weighted by Crippen LogP contribution is 2.46. The molecule has 5 atom stereocenters. The molecule has 0 heterocycles. The largest absolute Gasteiger partial charge is 0.480 e. The van der Waals surface area contributed by atoms with Gasteiger partial charge in [-0.1, -0.05) is 53.2 Å². The molecule has 12 nitrogen and oxygen atoms in total. The van der Waals surface area contributed by atoms with E-state index in [-0.39, 0.29) is 37.7 Å². The molecule has 2 saturated carbocycles. The second kappa shape index (κ2) is 20.0. The third-order valence-corrected chi connectivity index (χ3v) is 9.56. The topological polar surface area (TPSA) is 167 Å². The van der Waals surface area contributed by atoms with Crippen molar-refractivity contribution < 1.29 is 38.9 Å². The first-order valence-electron chi connectivity index (χ1n) is 18.0. The van der Waals surface area contributed by atoms with Crippen LogP contribution in [0.5, 0.6) is 0 Å². The molecule has 3 unspecified atom stereocenters. The Hall–Kier alpha value is -3.06. The summed E-state index contributed by atoms with van der Waals surface area (Å²) in [5, 5.41) is 26.5. The lowest BCUT2D eigenvalue weighted by Crippen LogP contribution is -2.53. The van der Waals surface area contributed by atoms with Crippen LogP contribution in [0.25, 0.3) is 0 Å². The number of aliphatic hydroxyl groups is 1. The van der Waals surface area contributed by atoms with Gasteiger partial charge in [0.15, 0.2) is 0 Å². The molecule has 5 N–H and O–H groups in total. The summed E-state index contributed by atoms with van der Waals surface area (Å²) in [6, 6.07) is 5.73. The van der Waals surface area contributed by atoms with Crippen LogP contribution in [0.2, 0.25) is 0 Å². The Morgan fingerprint density at radius 3 is 2.24 bits per heavy atom. The average Bonchev–Trinajstić information content (AvgIpc) is 3.69. The van der Waals surface area contributed by atoms with Crippen LogP contribution in [-0.2, 0) is 29.3 Å². The number of hydrogen-bond acceptors (Lipinski definition) is 8. The van der Waals surface area contributed by atoms with Crippen molar-refractivity contribution in [1.82, 2.24) is 20.9 Å². The molecule has 276 valence electrons. The minimum absolute atomic E-state index is 0.0113. The number of ether oxygens (including phenoxy) is 2. The van der Waals surface area contributed by atoms with E-state index < -0.39 is 36.5 Å². The van der Waals surface area contributed by atoms with Gasteiger partial charge in [-0.05, 0) is 85.9 Å². The maximum atomic E-state index is 13.0. The fraction of sp³-hybridized carbons (Fsp3) is 0.730. The van der Waals surface area contributed by atoms with E-state index in [1.165, 1.54) is 25.7 Å². The molecule has 1 aromatic rings. The lowest BCUT2D eigenvalue weighted by molar-refractivity contribution is -0.143. The number of hydrogen-bond donors (Lipinski definition) is 5. The number of fused-ring (bicyclic) bond motifs is 2. The van der Waals surface area contributed by atoms with Gasteiger partial charge in [0, 0.05) is 24.7 Å². The van der Waals surface area contributed by atoms with E-state index in [1.54, 1.807) is 0 Å². The lowest BCUT2D eigenvalue weighted by atomic mass is 9.87. The SMILES string of the molecule is CC(C)CN(CCCC[C@H](NC(=O)COCCOCCNC(=O)c1ccc(C(C)(C)C)cc1)C(=O)N[C@@H](CO)C(=O)O)C1CC2CCC1C2. The zero-order valence-corrected chi connectivity index (χ0v) is 30.2. The number of carboxylic acids is 1. The number of carbonyl (C=O) groups excluding carboxylic acids is 3. The molecule has 0 aromatic heterocycles. The predicted molar refractivity (Wildman–Crippen MR) is 187 cm³/mol. The molecular weight excluding hydrogens is 628 g/mol. The quantitative estimate of drug-likeness (QED) is 0.115. The van der Waals surface area contributed by atoms with Crippen molar-refractivity contribution in [1.29, 1.82) is 0 Å². The van der Waals surface area contributed by atoms with Gasteiger partial charge < -0.3 is 35.6 Å². The van der Waals surface area contributed by atoms with Crippen molar-refractivity contribution in [2.24, 2.45) is 17.8 Å². The van der Waals surface area contributed by atoms with E-state index in [2.05, 4.69) is 55.5 Å². The van der Waals surface area contributed by atoms with Crippen LogP contribution in [0.15, 0.2) is 24.3 Å². The first-order chi connectivity index (χ1) is 23.3. The molecule has 2 aliphatic carbocycles. The number of carboxylic acid groups (broad SMARTS) is 1. The summed E-state index contributed by atoms with van der Waals surface area (Å²) in [6.07, 6.45) is 7.11. The minimum Gasteiger partial charge on any atom is -0.480 e. The molecule has 49 heavy (non-hydrogen) atoms. The van der Waals surface area contributed by atoms with Crippen molar-refractivity contribution in [3.8, 4) is 0 Å². The van der Waals surface area contributed by atoms with Crippen molar-refractivity contribution in [2.45, 2.75) is 103 Å². The van der Waals surface area contributed by atoms with Crippen molar-refractivity contribution in [3.63, 3.8) is 0 Å². The van der Waals surface area contributed by atoms with E-state index in [0.717, 1.165) is 36.9 Å². The predicted octanol–water partition coefficient (Wildman–Crippen LogP) is 3.11. The number of nitrogens with one attached hydrogen (secondary N) is 3. The number of rotatable bonds is 22. The summed E-state index contributed by atoms with van der Waals surface area (Å²) in [5.41, 5.74) is 1.74. The van der Waals surface area contributed by atoms with Gasteiger partial charge in [-0.25, -0.2) is 4.79 Å². The van der Waals surface area contributed by atoms with Crippen LogP contribution in [0, 0.1) is 17.8 Å². The Bertz CT molecular complexity index is 1200. The Labute approximate surface area is 292 Å². The van der Waals surface area contributed by atoms with Crippen LogP contribution >= 0.6 is 0 Å². The Kier molecular flexibility index (Phi) is 16.4. The number of amides is 3. The Morgan fingerprint density at radius 2 is 1.65 bits per heavy atom. The normalized spacial score (nSPS) is 20.0. The molecule has 2 aliphatic rings. The standard InChI is InChI=1S/C37H60N4O8/c1-25(2)22-41(32-21-26-9-10-28(32)20-26)16-7-6-8-30(35(45)40-31(23-42)36(46)47)39-33(43)24-49-19-18-48-17-15-38-34(44)27-11-13-29(14-12-27)37(3,4)5/h11-14,25-26,28,30-32,42H,6-10,15-24H2,1-5H3,(H,38,44)(H,39,43)(H,40,45)(H,46,47)/t26?,28?,30-,31-,32?/m0/s1. The fourth-order valence-corrected chi connectivity index (χ4v) is 6.99. The molecule has 0 radical (unpaired) electrons.